The largest absolute Gasteiger partial charge is 0.369 e. The molecule has 0 heterocycles. The highest BCUT2D eigenvalue weighted by molar-refractivity contribution is 5.18. The van der Waals surface area contributed by atoms with Crippen molar-refractivity contribution in [2.45, 2.75) is 13.3 Å². The lowest BCUT2D eigenvalue weighted by atomic mass is 10.5. The normalized spacial score (nSPS) is 9.18. The lowest BCUT2D eigenvalue weighted by Crippen LogP contribution is -1.91. The average molecular weight is 150 g/mol. The van der Waals surface area contributed by atoms with Crippen LogP contribution in [-0.2, 0) is 4.74 Å². The fourth-order valence-corrected chi connectivity index (χ4v) is 0.484. The van der Waals surface area contributed by atoms with Crippen molar-refractivity contribution < 1.29 is 4.74 Å². The third-order valence-electron chi connectivity index (χ3n) is 0.940. The first kappa shape index (κ1) is 10.0. The van der Waals surface area contributed by atoms with Gasteiger partial charge in [0, 0.05) is 6.61 Å². The highest BCUT2D eigenvalue weighted by atomic mass is 16.5. The lowest BCUT2D eigenvalue weighted by Gasteiger charge is -1.91. The zero-order valence-electron chi connectivity index (χ0n) is 6.97. The van der Waals surface area contributed by atoms with Crippen molar-refractivity contribution in [2.24, 2.45) is 0 Å². The third kappa shape index (κ3) is 9.00. The van der Waals surface area contributed by atoms with Crippen LogP contribution in [0.15, 0.2) is 24.8 Å². The molecule has 0 spiro atoms. The quantitative estimate of drug-likeness (QED) is 0.339. The molecule has 1 nitrogen and oxygen atoms in total. The van der Waals surface area contributed by atoms with Gasteiger partial charge in [-0.15, -0.1) is 0 Å². The van der Waals surface area contributed by atoms with Crippen LogP contribution >= 0.6 is 0 Å². The molecule has 0 saturated carbocycles. The van der Waals surface area contributed by atoms with Crippen molar-refractivity contribution in [1.82, 2.24) is 0 Å². The summed E-state index contributed by atoms with van der Waals surface area (Å²) in [6, 6.07) is 0. The molecule has 0 saturated heterocycles. The summed E-state index contributed by atoms with van der Waals surface area (Å²) < 4.78 is 5.13. The van der Waals surface area contributed by atoms with E-state index in [0.717, 1.165) is 13.0 Å². The molecule has 60 valence electrons. The van der Waals surface area contributed by atoms with Crippen LogP contribution in [0.1, 0.15) is 13.3 Å². The molecule has 0 fully saturated rings. The Labute approximate surface area is 68.8 Å². The van der Waals surface area contributed by atoms with E-state index >= 15 is 0 Å². The molecular weight excluding hydrogens is 136 g/mol. The summed E-state index contributed by atoms with van der Waals surface area (Å²) in [5, 5.41) is 0. The van der Waals surface area contributed by atoms with Gasteiger partial charge in [-0.05, 0) is 12.5 Å². The van der Waals surface area contributed by atoms with Gasteiger partial charge in [0.2, 0.25) is 0 Å². The second-order valence-electron chi connectivity index (χ2n) is 1.97. The van der Waals surface area contributed by atoms with E-state index in [4.69, 9.17) is 4.74 Å². The van der Waals surface area contributed by atoms with Gasteiger partial charge in [-0.25, -0.2) is 0 Å². The Hall–Kier alpha value is -1.00. The van der Waals surface area contributed by atoms with Crippen LogP contribution in [0.5, 0.6) is 0 Å². The predicted octanol–water partition coefficient (Wildman–Crippen LogP) is 2.16. The van der Waals surface area contributed by atoms with E-state index in [0.29, 0.717) is 6.61 Å². The van der Waals surface area contributed by atoms with Gasteiger partial charge in [0.1, 0.15) is 6.61 Å². The second-order valence-corrected chi connectivity index (χ2v) is 1.97. The Kier molecular flexibility index (Phi) is 8.18. The van der Waals surface area contributed by atoms with E-state index in [1.165, 1.54) is 0 Å². The average Bonchev–Trinajstić information content (AvgIpc) is 2.03. The summed E-state index contributed by atoms with van der Waals surface area (Å²) >= 11 is 0. The van der Waals surface area contributed by atoms with Crippen molar-refractivity contribution >= 4 is 0 Å². The molecule has 0 aliphatic rings. The van der Waals surface area contributed by atoms with Gasteiger partial charge in [-0.2, -0.15) is 0 Å². The highest BCUT2D eigenvalue weighted by Crippen LogP contribution is 1.77. The molecule has 0 aliphatic heterocycles. The maximum absolute atomic E-state index is 5.13. The second kappa shape index (κ2) is 9.00. The van der Waals surface area contributed by atoms with Crippen LogP contribution in [0.4, 0.5) is 0 Å². The zero-order chi connectivity index (χ0) is 8.36. The molecular formula is C10H14O. The van der Waals surface area contributed by atoms with Crippen molar-refractivity contribution in [1.29, 1.82) is 0 Å². The van der Waals surface area contributed by atoms with Crippen molar-refractivity contribution in [3.63, 3.8) is 0 Å². The third-order valence-corrected chi connectivity index (χ3v) is 0.940. The first-order chi connectivity index (χ1) is 5.41. The van der Waals surface area contributed by atoms with E-state index in [2.05, 4.69) is 25.3 Å². The van der Waals surface area contributed by atoms with E-state index in [-0.39, 0.29) is 0 Å². The Morgan fingerprint density at radius 2 is 2.36 bits per heavy atom. The molecule has 0 aromatic rings. The van der Waals surface area contributed by atoms with Gasteiger partial charge < -0.3 is 4.74 Å². The van der Waals surface area contributed by atoms with Gasteiger partial charge in [-0.1, -0.05) is 37.5 Å². The Balaban J connectivity index is 3.25. The van der Waals surface area contributed by atoms with E-state index in [1.807, 2.05) is 0 Å². The van der Waals surface area contributed by atoms with Crippen molar-refractivity contribution in [2.75, 3.05) is 13.2 Å². The van der Waals surface area contributed by atoms with Crippen LogP contribution < -0.4 is 0 Å². The standard InChI is InChI=1S/C10H14O/c1-3-5-6-7-8-10-11-9-4-2/h3,5-6H,1,4,9-10H2,2H3. The fraction of sp³-hybridized carbons (Fsp3) is 0.400. The fourth-order valence-electron chi connectivity index (χ4n) is 0.484. The molecule has 0 aromatic carbocycles. The number of hydrogen-bond acceptors (Lipinski definition) is 1. The molecule has 0 aliphatic carbocycles. The van der Waals surface area contributed by atoms with Gasteiger partial charge >= 0.3 is 0 Å². The minimum absolute atomic E-state index is 0.523. The molecule has 1 heteroatoms. The smallest absolute Gasteiger partial charge is 0.108 e. The Bertz CT molecular complexity index is 169. The van der Waals surface area contributed by atoms with E-state index < -0.39 is 0 Å². The summed E-state index contributed by atoms with van der Waals surface area (Å²) in [6.45, 7) is 6.91. The number of hydrogen-bond donors (Lipinski definition) is 0. The molecule has 0 unspecified atom stereocenters. The summed E-state index contributed by atoms with van der Waals surface area (Å²) in [5.74, 6) is 5.67. The summed E-state index contributed by atoms with van der Waals surface area (Å²) in [4.78, 5) is 0. The minimum Gasteiger partial charge on any atom is -0.369 e. The van der Waals surface area contributed by atoms with E-state index in [9.17, 15) is 0 Å². The number of ether oxygens (including phenoxy) is 1. The van der Waals surface area contributed by atoms with Crippen LogP contribution in [0.2, 0.25) is 0 Å². The maximum atomic E-state index is 5.13. The Morgan fingerprint density at radius 1 is 1.55 bits per heavy atom. The van der Waals surface area contributed by atoms with Gasteiger partial charge in [0.05, 0.1) is 0 Å². The molecule has 0 bridgehead atoms. The molecule has 0 atom stereocenters. The molecule has 0 N–H and O–H groups in total. The highest BCUT2D eigenvalue weighted by Gasteiger charge is 1.76. The summed E-state index contributed by atoms with van der Waals surface area (Å²) in [5.41, 5.74) is 0. The Morgan fingerprint density at radius 3 is 3.00 bits per heavy atom. The van der Waals surface area contributed by atoms with Crippen LogP contribution in [0.25, 0.3) is 0 Å². The number of allylic oxidation sites excluding steroid dienone is 3. The molecule has 0 radical (unpaired) electrons. The van der Waals surface area contributed by atoms with Crippen LogP contribution in [0, 0.1) is 11.8 Å². The zero-order valence-corrected chi connectivity index (χ0v) is 6.97. The predicted molar refractivity (Wildman–Crippen MR) is 48.2 cm³/mol. The molecule has 11 heavy (non-hydrogen) atoms. The van der Waals surface area contributed by atoms with Crippen molar-refractivity contribution in [3.05, 3.63) is 24.8 Å². The molecule has 0 amide bonds. The monoisotopic (exact) mass is 150 g/mol. The minimum atomic E-state index is 0.523. The first-order valence-corrected chi connectivity index (χ1v) is 3.75. The van der Waals surface area contributed by atoms with Crippen LogP contribution in [-0.4, -0.2) is 13.2 Å². The van der Waals surface area contributed by atoms with Crippen LogP contribution in [0.3, 0.4) is 0 Å². The van der Waals surface area contributed by atoms with Crippen molar-refractivity contribution in [3.8, 4) is 11.8 Å². The van der Waals surface area contributed by atoms with Gasteiger partial charge in [0.15, 0.2) is 0 Å². The van der Waals surface area contributed by atoms with Gasteiger partial charge in [-0.3, -0.25) is 0 Å². The number of rotatable bonds is 4. The summed E-state index contributed by atoms with van der Waals surface area (Å²) in [6.07, 6.45) is 6.29. The van der Waals surface area contributed by atoms with E-state index in [1.54, 1.807) is 18.2 Å². The topological polar surface area (TPSA) is 9.23 Å². The summed E-state index contributed by atoms with van der Waals surface area (Å²) in [7, 11) is 0. The maximum Gasteiger partial charge on any atom is 0.108 e. The van der Waals surface area contributed by atoms with Gasteiger partial charge in [0.25, 0.3) is 0 Å². The molecule has 0 rings (SSSR count). The lowest BCUT2D eigenvalue weighted by molar-refractivity contribution is 0.168. The SMILES string of the molecule is C=CC=CC#CCOCCC. The molecule has 0 aromatic heterocycles. The first-order valence-electron chi connectivity index (χ1n) is 3.75.